The van der Waals surface area contributed by atoms with Crippen LogP contribution in [0.3, 0.4) is 0 Å². The van der Waals surface area contributed by atoms with Crippen LogP contribution in [0.1, 0.15) is 29.9 Å². The van der Waals surface area contributed by atoms with E-state index in [1.807, 2.05) is 53.4 Å². The molecule has 26 heavy (non-hydrogen) atoms. The van der Waals surface area contributed by atoms with Gasteiger partial charge < -0.3 is 9.64 Å². The minimum absolute atomic E-state index is 0.0186. The molecule has 1 aliphatic heterocycles. The van der Waals surface area contributed by atoms with Gasteiger partial charge in [-0.3, -0.25) is 9.59 Å². The standard InChI is InChI=1S/C22H23NO3/c24-21-11-17(14-23(21)13-16-7-3-1-4-8-16)15-26-22(25)20-12-19(20)18-9-5-2-6-10-18/h1-10,17,19-20H,11-15H2/t17-,19+,20-/m1/s1. The molecule has 3 atom stereocenters. The molecule has 1 saturated carbocycles. The van der Waals surface area contributed by atoms with Crippen molar-refractivity contribution in [3.8, 4) is 0 Å². The van der Waals surface area contributed by atoms with Gasteiger partial charge in [-0.2, -0.15) is 0 Å². The van der Waals surface area contributed by atoms with E-state index in [2.05, 4.69) is 12.1 Å². The van der Waals surface area contributed by atoms with Crippen LogP contribution in [0.5, 0.6) is 0 Å². The molecule has 4 rings (SSSR count). The zero-order chi connectivity index (χ0) is 17.9. The Kier molecular flexibility index (Phi) is 4.74. The number of ether oxygens (including phenoxy) is 1. The predicted molar refractivity (Wildman–Crippen MR) is 98.2 cm³/mol. The molecule has 4 nitrogen and oxygen atoms in total. The third kappa shape index (κ3) is 3.79. The van der Waals surface area contributed by atoms with Crippen LogP contribution < -0.4 is 0 Å². The maximum absolute atomic E-state index is 12.3. The van der Waals surface area contributed by atoms with Crippen molar-refractivity contribution in [2.75, 3.05) is 13.2 Å². The summed E-state index contributed by atoms with van der Waals surface area (Å²) in [6, 6.07) is 20.1. The number of hydrogen-bond acceptors (Lipinski definition) is 3. The number of benzene rings is 2. The summed E-state index contributed by atoms with van der Waals surface area (Å²) in [5.41, 5.74) is 2.33. The first-order valence-corrected chi connectivity index (χ1v) is 9.24. The van der Waals surface area contributed by atoms with Gasteiger partial charge in [-0.15, -0.1) is 0 Å². The van der Waals surface area contributed by atoms with E-state index in [9.17, 15) is 9.59 Å². The first-order chi connectivity index (χ1) is 12.7. The van der Waals surface area contributed by atoms with Gasteiger partial charge in [0.1, 0.15) is 0 Å². The lowest BCUT2D eigenvalue weighted by Gasteiger charge is -2.16. The average molecular weight is 349 g/mol. The lowest BCUT2D eigenvalue weighted by Crippen LogP contribution is -2.25. The van der Waals surface area contributed by atoms with Gasteiger partial charge in [-0.1, -0.05) is 60.7 Å². The minimum atomic E-state index is -0.118. The number of rotatable bonds is 6. The Morgan fingerprint density at radius 3 is 2.46 bits per heavy atom. The highest BCUT2D eigenvalue weighted by atomic mass is 16.5. The third-order valence-corrected chi connectivity index (χ3v) is 5.29. The zero-order valence-electron chi connectivity index (χ0n) is 14.7. The van der Waals surface area contributed by atoms with Crippen LogP contribution >= 0.6 is 0 Å². The van der Waals surface area contributed by atoms with Crippen molar-refractivity contribution in [2.24, 2.45) is 11.8 Å². The van der Waals surface area contributed by atoms with Gasteiger partial charge in [0.05, 0.1) is 12.5 Å². The van der Waals surface area contributed by atoms with Gasteiger partial charge >= 0.3 is 5.97 Å². The molecule has 2 aliphatic rings. The zero-order valence-corrected chi connectivity index (χ0v) is 14.7. The van der Waals surface area contributed by atoms with E-state index < -0.39 is 0 Å². The molecule has 1 aliphatic carbocycles. The van der Waals surface area contributed by atoms with Crippen molar-refractivity contribution >= 4 is 11.9 Å². The van der Waals surface area contributed by atoms with Crippen LogP contribution in [0.4, 0.5) is 0 Å². The summed E-state index contributed by atoms with van der Waals surface area (Å²) in [5, 5.41) is 0. The number of carbonyl (C=O) groups excluding carboxylic acids is 2. The smallest absolute Gasteiger partial charge is 0.309 e. The highest BCUT2D eigenvalue weighted by Crippen LogP contribution is 2.48. The molecule has 2 aromatic carbocycles. The van der Waals surface area contributed by atoms with Crippen LogP contribution in [-0.2, 0) is 20.9 Å². The summed E-state index contributed by atoms with van der Waals surface area (Å²) < 4.78 is 5.53. The summed E-state index contributed by atoms with van der Waals surface area (Å²) in [6.45, 7) is 1.63. The molecule has 1 amide bonds. The molecule has 0 aromatic heterocycles. The number of hydrogen-bond donors (Lipinski definition) is 0. The number of esters is 1. The van der Waals surface area contributed by atoms with E-state index in [0.29, 0.717) is 32.0 Å². The van der Waals surface area contributed by atoms with Crippen molar-refractivity contribution < 1.29 is 14.3 Å². The predicted octanol–water partition coefficient (Wildman–Crippen LogP) is 3.38. The largest absolute Gasteiger partial charge is 0.465 e. The molecular weight excluding hydrogens is 326 g/mol. The molecule has 0 unspecified atom stereocenters. The van der Waals surface area contributed by atoms with Crippen LogP contribution in [0, 0.1) is 11.8 Å². The Hall–Kier alpha value is -2.62. The lowest BCUT2D eigenvalue weighted by molar-refractivity contribution is -0.146. The topological polar surface area (TPSA) is 46.6 Å². The molecular formula is C22H23NO3. The second-order valence-corrected chi connectivity index (χ2v) is 7.32. The second-order valence-electron chi connectivity index (χ2n) is 7.32. The molecule has 1 heterocycles. The van der Waals surface area contributed by atoms with E-state index in [1.165, 1.54) is 5.56 Å². The monoisotopic (exact) mass is 349 g/mol. The van der Waals surface area contributed by atoms with Crippen molar-refractivity contribution in [1.82, 2.24) is 4.90 Å². The van der Waals surface area contributed by atoms with E-state index in [4.69, 9.17) is 4.74 Å². The summed E-state index contributed by atoms with van der Waals surface area (Å²) in [6.07, 6.45) is 1.33. The highest BCUT2D eigenvalue weighted by Gasteiger charge is 2.45. The molecule has 0 N–H and O–H groups in total. The average Bonchev–Trinajstić information content (AvgIpc) is 3.40. The van der Waals surface area contributed by atoms with Gasteiger partial charge in [0.2, 0.25) is 5.91 Å². The molecule has 0 radical (unpaired) electrons. The summed E-state index contributed by atoms with van der Waals surface area (Å²) in [5.74, 6) is 0.402. The Bertz CT molecular complexity index is 774. The summed E-state index contributed by atoms with van der Waals surface area (Å²) in [4.78, 5) is 26.3. The lowest BCUT2D eigenvalue weighted by atomic mass is 10.1. The third-order valence-electron chi connectivity index (χ3n) is 5.29. The Morgan fingerprint density at radius 1 is 1.04 bits per heavy atom. The second kappa shape index (κ2) is 7.32. The Labute approximate surface area is 153 Å². The molecule has 1 saturated heterocycles. The van der Waals surface area contributed by atoms with Crippen LogP contribution in [0.25, 0.3) is 0 Å². The number of carbonyl (C=O) groups is 2. The van der Waals surface area contributed by atoms with Crippen LogP contribution in [0.15, 0.2) is 60.7 Å². The SMILES string of the molecule is O=C(OC[C@@H]1CC(=O)N(Cc2ccccc2)C1)[C@@H]1C[C@H]1c1ccccc1. The molecule has 0 spiro atoms. The molecule has 4 heteroatoms. The maximum Gasteiger partial charge on any atom is 0.309 e. The highest BCUT2D eigenvalue weighted by molar-refractivity contribution is 5.79. The van der Waals surface area contributed by atoms with Crippen molar-refractivity contribution in [2.45, 2.75) is 25.3 Å². The first-order valence-electron chi connectivity index (χ1n) is 9.24. The Morgan fingerprint density at radius 2 is 1.73 bits per heavy atom. The van der Waals surface area contributed by atoms with E-state index in [1.54, 1.807) is 0 Å². The quantitative estimate of drug-likeness (QED) is 0.751. The van der Waals surface area contributed by atoms with Crippen LogP contribution in [0.2, 0.25) is 0 Å². The van der Waals surface area contributed by atoms with Crippen molar-refractivity contribution in [3.63, 3.8) is 0 Å². The fourth-order valence-corrected chi connectivity index (χ4v) is 3.75. The fourth-order valence-electron chi connectivity index (χ4n) is 3.75. The minimum Gasteiger partial charge on any atom is -0.465 e. The maximum atomic E-state index is 12.3. The van der Waals surface area contributed by atoms with Gasteiger partial charge in [-0.05, 0) is 23.5 Å². The molecule has 2 aromatic rings. The van der Waals surface area contributed by atoms with Gasteiger partial charge in [0.15, 0.2) is 0 Å². The normalized spacial score (nSPS) is 24.5. The van der Waals surface area contributed by atoms with Gasteiger partial charge in [-0.25, -0.2) is 0 Å². The van der Waals surface area contributed by atoms with Gasteiger partial charge in [0.25, 0.3) is 0 Å². The van der Waals surface area contributed by atoms with Crippen molar-refractivity contribution in [1.29, 1.82) is 0 Å². The number of likely N-dealkylation sites (tertiary alicyclic amines) is 1. The summed E-state index contributed by atoms with van der Waals surface area (Å²) >= 11 is 0. The number of amides is 1. The number of nitrogens with zero attached hydrogens (tertiary/aromatic N) is 1. The van der Waals surface area contributed by atoms with E-state index in [0.717, 1.165) is 12.0 Å². The van der Waals surface area contributed by atoms with E-state index >= 15 is 0 Å². The molecule has 2 fully saturated rings. The molecule has 0 bridgehead atoms. The van der Waals surface area contributed by atoms with Gasteiger partial charge in [0, 0.05) is 25.4 Å². The summed E-state index contributed by atoms with van der Waals surface area (Å²) in [7, 11) is 0. The molecule has 134 valence electrons. The van der Waals surface area contributed by atoms with Crippen molar-refractivity contribution in [3.05, 3.63) is 71.8 Å². The van der Waals surface area contributed by atoms with E-state index in [-0.39, 0.29) is 23.7 Å². The van der Waals surface area contributed by atoms with Crippen LogP contribution in [-0.4, -0.2) is 29.9 Å². The Balaban J connectivity index is 1.24. The fraction of sp³-hybridized carbons (Fsp3) is 0.364. The first kappa shape index (κ1) is 16.8.